The molecule has 0 aliphatic carbocycles. The maximum Gasteiger partial charge on any atom is 0.126 e. The minimum atomic E-state index is -0.183. The summed E-state index contributed by atoms with van der Waals surface area (Å²) in [5.74, 6) is 0.927. The van der Waals surface area contributed by atoms with Crippen LogP contribution in [0.2, 0.25) is 0 Å². The standard InChI is InChI=1S/C20H17FN4/c1-12-9-13(4-6-16(12)21)19-20(25-8-2-3-18(25)23-19)14-5-7-17-15(10-14)11-22-24-17/h4-7,9-11H,2-3,8H2,1H3,(H,22,24). The van der Waals surface area contributed by atoms with Crippen LogP contribution in [0.15, 0.2) is 42.6 Å². The predicted molar refractivity (Wildman–Crippen MR) is 95.8 cm³/mol. The fourth-order valence-corrected chi connectivity index (χ4v) is 3.70. The molecule has 0 saturated heterocycles. The van der Waals surface area contributed by atoms with Gasteiger partial charge in [-0.3, -0.25) is 5.10 Å². The van der Waals surface area contributed by atoms with Gasteiger partial charge >= 0.3 is 0 Å². The third kappa shape index (κ3) is 2.19. The Hall–Kier alpha value is -2.95. The lowest BCUT2D eigenvalue weighted by Gasteiger charge is -2.09. The molecule has 124 valence electrons. The third-order valence-corrected chi connectivity index (χ3v) is 4.97. The second-order valence-corrected chi connectivity index (χ2v) is 6.62. The first-order valence-corrected chi connectivity index (χ1v) is 8.50. The number of nitrogens with one attached hydrogen (secondary N) is 1. The van der Waals surface area contributed by atoms with E-state index in [1.54, 1.807) is 6.92 Å². The summed E-state index contributed by atoms with van der Waals surface area (Å²) in [4.78, 5) is 4.89. The average molecular weight is 332 g/mol. The van der Waals surface area contributed by atoms with Gasteiger partial charge in [0.05, 0.1) is 23.1 Å². The molecule has 2 aromatic heterocycles. The van der Waals surface area contributed by atoms with Crippen LogP contribution < -0.4 is 0 Å². The molecular weight excluding hydrogens is 315 g/mol. The van der Waals surface area contributed by atoms with Crippen molar-refractivity contribution in [3.63, 3.8) is 0 Å². The first kappa shape index (κ1) is 14.4. The Morgan fingerprint density at radius 1 is 1.12 bits per heavy atom. The zero-order valence-electron chi connectivity index (χ0n) is 13.9. The topological polar surface area (TPSA) is 46.5 Å². The zero-order valence-corrected chi connectivity index (χ0v) is 13.9. The number of halogens is 1. The molecule has 0 fully saturated rings. The molecule has 1 aliphatic rings. The van der Waals surface area contributed by atoms with E-state index in [1.165, 1.54) is 6.07 Å². The largest absolute Gasteiger partial charge is 0.327 e. The van der Waals surface area contributed by atoms with Crippen LogP contribution in [0.3, 0.4) is 0 Å². The summed E-state index contributed by atoms with van der Waals surface area (Å²) in [7, 11) is 0. The highest BCUT2D eigenvalue weighted by molar-refractivity contribution is 5.87. The van der Waals surface area contributed by atoms with Crippen LogP contribution in [0.1, 0.15) is 17.8 Å². The third-order valence-electron chi connectivity index (χ3n) is 4.97. The average Bonchev–Trinajstić information content (AvgIpc) is 3.31. The Bertz CT molecular complexity index is 1110. The highest BCUT2D eigenvalue weighted by atomic mass is 19.1. The van der Waals surface area contributed by atoms with Gasteiger partial charge in [-0.2, -0.15) is 5.10 Å². The summed E-state index contributed by atoms with van der Waals surface area (Å²) in [6, 6.07) is 11.5. The highest BCUT2D eigenvalue weighted by Crippen LogP contribution is 2.37. The van der Waals surface area contributed by atoms with Crippen molar-refractivity contribution < 1.29 is 4.39 Å². The number of aromatic nitrogens is 4. The van der Waals surface area contributed by atoms with Gasteiger partial charge in [0.2, 0.25) is 0 Å². The maximum atomic E-state index is 13.7. The Morgan fingerprint density at radius 2 is 2.00 bits per heavy atom. The minimum absolute atomic E-state index is 0.183. The number of nitrogens with zero attached hydrogens (tertiary/aromatic N) is 3. The minimum Gasteiger partial charge on any atom is -0.327 e. The van der Waals surface area contributed by atoms with E-state index in [9.17, 15) is 4.39 Å². The van der Waals surface area contributed by atoms with Crippen LogP contribution in [0, 0.1) is 12.7 Å². The summed E-state index contributed by atoms with van der Waals surface area (Å²) in [5, 5.41) is 8.18. The molecular formula is C20H17FN4. The Balaban J connectivity index is 1.76. The molecule has 0 saturated carbocycles. The van der Waals surface area contributed by atoms with Crippen LogP contribution >= 0.6 is 0 Å². The number of hydrogen-bond donors (Lipinski definition) is 1. The van der Waals surface area contributed by atoms with Crippen LogP contribution in [-0.4, -0.2) is 19.7 Å². The van der Waals surface area contributed by atoms with E-state index in [0.29, 0.717) is 5.56 Å². The second-order valence-electron chi connectivity index (χ2n) is 6.62. The van der Waals surface area contributed by atoms with Crippen molar-refractivity contribution in [3.05, 3.63) is 59.8 Å². The molecule has 1 N–H and O–H groups in total. The zero-order chi connectivity index (χ0) is 17.0. The lowest BCUT2D eigenvalue weighted by Crippen LogP contribution is -1.96. The number of aryl methyl sites for hydroxylation is 2. The first-order valence-electron chi connectivity index (χ1n) is 8.50. The van der Waals surface area contributed by atoms with Crippen LogP contribution in [0.5, 0.6) is 0 Å². The van der Waals surface area contributed by atoms with Gasteiger partial charge in [0.25, 0.3) is 0 Å². The van der Waals surface area contributed by atoms with Crippen molar-refractivity contribution in [2.24, 2.45) is 0 Å². The normalized spacial score (nSPS) is 13.5. The fourth-order valence-electron chi connectivity index (χ4n) is 3.70. The first-order chi connectivity index (χ1) is 12.2. The fraction of sp³-hybridized carbons (Fsp3) is 0.200. The lowest BCUT2D eigenvalue weighted by atomic mass is 10.0. The number of benzene rings is 2. The van der Waals surface area contributed by atoms with Gasteiger partial charge < -0.3 is 4.57 Å². The van der Waals surface area contributed by atoms with E-state index in [0.717, 1.165) is 58.6 Å². The molecule has 0 amide bonds. The van der Waals surface area contributed by atoms with E-state index in [2.05, 4.69) is 26.9 Å². The maximum absolute atomic E-state index is 13.7. The molecule has 0 atom stereocenters. The number of hydrogen-bond acceptors (Lipinski definition) is 2. The summed E-state index contributed by atoms with van der Waals surface area (Å²) < 4.78 is 16.0. The summed E-state index contributed by atoms with van der Waals surface area (Å²) in [5.41, 5.74) is 5.78. The van der Waals surface area contributed by atoms with Crippen molar-refractivity contribution in [3.8, 4) is 22.5 Å². The molecule has 4 nitrogen and oxygen atoms in total. The van der Waals surface area contributed by atoms with Gasteiger partial charge in [-0.1, -0.05) is 6.07 Å². The van der Waals surface area contributed by atoms with E-state index >= 15 is 0 Å². The quantitative estimate of drug-likeness (QED) is 0.588. The SMILES string of the molecule is Cc1cc(-c2nc3n(c2-c2ccc4[nH]ncc4c2)CCC3)ccc1F. The lowest BCUT2D eigenvalue weighted by molar-refractivity contribution is 0.619. The van der Waals surface area contributed by atoms with Gasteiger partial charge in [0.15, 0.2) is 0 Å². The number of rotatable bonds is 2. The van der Waals surface area contributed by atoms with Crippen molar-refractivity contribution >= 4 is 10.9 Å². The molecule has 0 radical (unpaired) electrons. The predicted octanol–water partition coefficient (Wildman–Crippen LogP) is 4.49. The molecule has 2 aromatic carbocycles. The molecule has 5 rings (SSSR count). The number of fused-ring (bicyclic) bond motifs is 2. The van der Waals surface area contributed by atoms with Crippen molar-refractivity contribution in [1.29, 1.82) is 0 Å². The summed E-state index contributed by atoms with van der Waals surface area (Å²) in [6.07, 6.45) is 3.94. The Labute approximate surface area is 144 Å². The van der Waals surface area contributed by atoms with Crippen molar-refractivity contribution in [2.75, 3.05) is 0 Å². The van der Waals surface area contributed by atoms with Gasteiger partial charge in [0.1, 0.15) is 11.6 Å². The van der Waals surface area contributed by atoms with Crippen molar-refractivity contribution in [2.45, 2.75) is 26.3 Å². The number of H-pyrrole nitrogens is 1. The Morgan fingerprint density at radius 3 is 2.88 bits per heavy atom. The molecule has 3 heterocycles. The van der Waals surface area contributed by atoms with Gasteiger partial charge in [-0.25, -0.2) is 9.37 Å². The van der Waals surface area contributed by atoms with E-state index in [4.69, 9.17) is 4.98 Å². The van der Waals surface area contributed by atoms with Gasteiger partial charge in [0, 0.05) is 29.5 Å². The van der Waals surface area contributed by atoms with Crippen LogP contribution in [0.4, 0.5) is 4.39 Å². The molecule has 0 spiro atoms. The summed E-state index contributed by atoms with van der Waals surface area (Å²) in [6.45, 7) is 2.76. The van der Waals surface area contributed by atoms with Crippen LogP contribution in [-0.2, 0) is 13.0 Å². The highest BCUT2D eigenvalue weighted by Gasteiger charge is 2.23. The van der Waals surface area contributed by atoms with Gasteiger partial charge in [-0.15, -0.1) is 0 Å². The molecule has 0 bridgehead atoms. The van der Waals surface area contributed by atoms with Gasteiger partial charge in [-0.05, 0) is 49.2 Å². The van der Waals surface area contributed by atoms with E-state index < -0.39 is 0 Å². The van der Waals surface area contributed by atoms with Crippen LogP contribution in [0.25, 0.3) is 33.4 Å². The molecule has 1 aliphatic heterocycles. The van der Waals surface area contributed by atoms with E-state index in [-0.39, 0.29) is 5.82 Å². The molecule has 0 unspecified atom stereocenters. The monoisotopic (exact) mass is 332 g/mol. The number of imidazole rings is 1. The second kappa shape index (κ2) is 5.28. The molecule has 5 heteroatoms. The molecule has 4 aromatic rings. The van der Waals surface area contributed by atoms with Crippen molar-refractivity contribution in [1.82, 2.24) is 19.7 Å². The Kier molecular flexibility index (Phi) is 3.04. The smallest absolute Gasteiger partial charge is 0.126 e. The summed E-state index contributed by atoms with van der Waals surface area (Å²) >= 11 is 0. The van der Waals surface area contributed by atoms with E-state index in [1.807, 2.05) is 24.4 Å². The number of aromatic amines is 1. The molecule has 25 heavy (non-hydrogen) atoms.